The number of nitrogens with one attached hydrogen (secondary N) is 1. The molecule has 108 valence electrons. The van der Waals surface area contributed by atoms with E-state index in [1.807, 2.05) is 32.3 Å². The maximum atomic E-state index is 5.32. The first kappa shape index (κ1) is 12.8. The van der Waals surface area contributed by atoms with Crippen LogP contribution < -0.4 is 0 Å². The minimum absolute atomic E-state index is 0.834. The molecule has 1 N–H and O–H groups in total. The zero-order valence-corrected chi connectivity index (χ0v) is 12.4. The van der Waals surface area contributed by atoms with Gasteiger partial charge in [-0.05, 0) is 49.2 Å². The first-order valence-corrected chi connectivity index (χ1v) is 7.19. The Morgan fingerprint density at radius 3 is 2.73 bits per heavy atom. The molecule has 0 radical (unpaired) electrons. The highest BCUT2D eigenvalue weighted by molar-refractivity contribution is 5.98. The van der Waals surface area contributed by atoms with Crippen LogP contribution in [-0.2, 0) is 0 Å². The van der Waals surface area contributed by atoms with Gasteiger partial charge >= 0.3 is 0 Å². The van der Waals surface area contributed by atoms with E-state index in [4.69, 9.17) is 4.52 Å². The number of aromatic amines is 1. The third-order valence-corrected chi connectivity index (χ3v) is 3.96. The van der Waals surface area contributed by atoms with Crippen LogP contribution in [-0.4, -0.2) is 15.1 Å². The third kappa shape index (κ3) is 1.92. The summed E-state index contributed by atoms with van der Waals surface area (Å²) in [6.07, 6.45) is 5.64. The van der Waals surface area contributed by atoms with E-state index < -0.39 is 0 Å². The molecule has 0 aliphatic rings. The van der Waals surface area contributed by atoms with Crippen LogP contribution in [0.3, 0.4) is 0 Å². The number of pyridine rings is 1. The minimum atomic E-state index is 0.834. The smallest absolute Gasteiger partial charge is 0.141 e. The van der Waals surface area contributed by atoms with E-state index in [-0.39, 0.29) is 0 Å². The highest BCUT2D eigenvalue weighted by Gasteiger charge is 2.15. The molecular weight excluding hydrogens is 274 g/mol. The van der Waals surface area contributed by atoms with Gasteiger partial charge in [0.25, 0.3) is 0 Å². The van der Waals surface area contributed by atoms with E-state index >= 15 is 0 Å². The van der Waals surface area contributed by atoms with Crippen LogP contribution in [0, 0.1) is 13.8 Å². The lowest BCUT2D eigenvalue weighted by molar-refractivity contribution is 0.393. The minimum Gasteiger partial charge on any atom is -0.361 e. The van der Waals surface area contributed by atoms with Gasteiger partial charge in [0.05, 0.1) is 5.69 Å². The van der Waals surface area contributed by atoms with Crippen LogP contribution in [0.15, 0.2) is 53.4 Å². The Bertz CT molecular complexity index is 932. The Kier molecular flexibility index (Phi) is 2.82. The predicted molar refractivity (Wildman–Crippen MR) is 86.5 cm³/mol. The molecule has 4 heteroatoms. The van der Waals surface area contributed by atoms with Gasteiger partial charge in [-0.1, -0.05) is 11.2 Å². The molecule has 0 bridgehead atoms. The number of hydrogen-bond donors (Lipinski definition) is 1. The number of rotatable bonds is 2. The third-order valence-electron chi connectivity index (χ3n) is 3.96. The van der Waals surface area contributed by atoms with E-state index in [9.17, 15) is 0 Å². The molecule has 0 aliphatic carbocycles. The molecule has 0 amide bonds. The molecule has 4 aromatic rings. The maximum absolute atomic E-state index is 5.32. The van der Waals surface area contributed by atoms with Gasteiger partial charge in [-0.25, -0.2) is 0 Å². The molecule has 0 atom stereocenters. The van der Waals surface area contributed by atoms with Crippen molar-refractivity contribution in [3.63, 3.8) is 0 Å². The van der Waals surface area contributed by atoms with Gasteiger partial charge < -0.3 is 9.51 Å². The number of nitrogens with zero attached hydrogens (tertiary/aromatic N) is 2. The van der Waals surface area contributed by atoms with Crippen LogP contribution in [0.2, 0.25) is 0 Å². The van der Waals surface area contributed by atoms with Crippen LogP contribution >= 0.6 is 0 Å². The van der Waals surface area contributed by atoms with E-state index in [0.29, 0.717) is 0 Å². The molecule has 4 nitrogen and oxygen atoms in total. The lowest BCUT2D eigenvalue weighted by Crippen LogP contribution is -1.86. The molecule has 0 saturated carbocycles. The number of aryl methyl sites for hydroxylation is 2. The standard InChI is InChI=1S/C18H15N3O/c1-11-18(12(2)22-21-11)14-8-16(13-4-3-6-19-10-13)15-5-7-20-17(15)9-14/h3-10,20H,1-2H3. The molecule has 0 fully saturated rings. The average Bonchev–Trinajstić information content (AvgIpc) is 3.13. The Labute approximate surface area is 127 Å². The fourth-order valence-corrected chi connectivity index (χ4v) is 2.97. The van der Waals surface area contributed by atoms with E-state index in [2.05, 4.69) is 39.4 Å². The molecule has 4 rings (SSSR count). The topological polar surface area (TPSA) is 54.7 Å². The summed E-state index contributed by atoms with van der Waals surface area (Å²) in [7, 11) is 0. The summed E-state index contributed by atoms with van der Waals surface area (Å²) in [5, 5.41) is 5.25. The predicted octanol–water partition coefficient (Wildman–Crippen LogP) is 4.50. The van der Waals surface area contributed by atoms with E-state index in [1.54, 1.807) is 6.20 Å². The van der Waals surface area contributed by atoms with Crippen LogP contribution in [0.4, 0.5) is 0 Å². The number of hydrogen-bond acceptors (Lipinski definition) is 3. The molecular formula is C18H15N3O. The monoisotopic (exact) mass is 289 g/mol. The quantitative estimate of drug-likeness (QED) is 0.591. The maximum Gasteiger partial charge on any atom is 0.141 e. The van der Waals surface area contributed by atoms with Crippen LogP contribution in [0.5, 0.6) is 0 Å². The van der Waals surface area contributed by atoms with Crippen molar-refractivity contribution in [1.82, 2.24) is 15.1 Å². The lowest BCUT2D eigenvalue weighted by Gasteiger charge is -2.08. The number of benzene rings is 1. The summed E-state index contributed by atoms with van der Waals surface area (Å²) in [5.41, 5.74) is 6.41. The SMILES string of the molecule is Cc1noc(C)c1-c1cc(-c2cccnc2)c2cc[nH]c2c1. The fourth-order valence-electron chi connectivity index (χ4n) is 2.97. The van der Waals surface area contributed by atoms with Gasteiger partial charge in [0.15, 0.2) is 0 Å². The van der Waals surface area contributed by atoms with E-state index in [1.165, 1.54) is 5.39 Å². The molecule has 0 spiro atoms. The highest BCUT2D eigenvalue weighted by Crippen LogP contribution is 2.35. The Morgan fingerprint density at radius 2 is 2.00 bits per heavy atom. The molecule has 0 saturated heterocycles. The summed E-state index contributed by atoms with van der Waals surface area (Å²) in [6.45, 7) is 3.91. The average molecular weight is 289 g/mol. The lowest BCUT2D eigenvalue weighted by atomic mass is 9.96. The van der Waals surface area contributed by atoms with Crippen molar-refractivity contribution in [2.75, 3.05) is 0 Å². The second-order valence-corrected chi connectivity index (χ2v) is 5.40. The normalized spacial score (nSPS) is 11.2. The first-order chi connectivity index (χ1) is 10.7. The zero-order valence-electron chi connectivity index (χ0n) is 12.4. The second-order valence-electron chi connectivity index (χ2n) is 5.40. The molecule has 3 heterocycles. The second kappa shape index (κ2) is 4.84. The Hall–Kier alpha value is -2.88. The Morgan fingerprint density at radius 1 is 1.09 bits per heavy atom. The number of fused-ring (bicyclic) bond motifs is 1. The van der Waals surface area contributed by atoms with E-state index in [0.717, 1.165) is 39.2 Å². The van der Waals surface area contributed by atoms with Gasteiger partial charge in [-0.3, -0.25) is 4.98 Å². The molecule has 1 aromatic carbocycles. The van der Waals surface area contributed by atoms with Gasteiger partial charge in [0, 0.05) is 40.6 Å². The number of aromatic nitrogens is 3. The van der Waals surface area contributed by atoms with Crippen LogP contribution in [0.25, 0.3) is 33.2 Å². The van der Waals surface area contributed by atoms with Crippen molar-refractivity contribution in [2.24, 2.45) is 0 Å². The summed E-state index contributed by atoms with van der Waals surface area (Å²) in [6, 6.07) is 10.4. The molecule has 22 heavy (non-hydrogen) atoms. The van der Waals surface area contributed by atoms with Gasteiger partial charge in [-0.15, -0.1) is 0 Å². The van der Waals surface area contributed by atoms with Crippen molar-refractivity contribution in [1.29, 1.82) is 0 Å². The summed E-state index contributed by atoms with van der Waals surface area (Å²) in [4.78, 5) is 7.54. The summed E-state index contributed by atoms with van der Waals surface area (Å²) >= 11 is 0. The molecule has 0 aliphatic heterocycles. The van der Waals surface area contributed by atoms with Crippen molar-refractivity contribution in [3.8, 4) is 22.3 Å². The van der Waals surface area contributed by atoms with Crippen LogP contribution in [0.1, 0.15) is 11.5 Å². The van der Waals surface area contributed by atoms with Crippen molar-refractivity contribution in [2.45, 2.75) is 13.8 Å². The Balaban J connectivity index is 2.03. The van der Waals surface area contributed by atoms with Gasteiger partial charge in [0.1, 0.15) is 5.76 Å². The molecule has 3 aromatic heterocycles. The highest BCUT2D eigenvalue weighted by atomic mass is 16.5. The summed E-state index contributed by atoms with van der Waals surface area (Å²) in [5.74, 6) is 0.834. The number of H-pyrrole nitrogens is 1. The van der Waals surface area contributed by atoms with Crippen molar-refractivity contribution >= 4 is 10.9 Å². The van der Waals surface area contributed by atoms with Crippen molar-refractivity contribution < 1.29 is 4.52 Å². The zero-order chi connectivity index (χ0) is 15.1. The summed E-state index contributed by atoms with van der Waals surface area (Å²) < 4.78 is 5.32. The first-order valence-electron chi connectivity index (χ1n) is 7.19. The van der Waals surface area contributed by atoms with Gasteiger partial charge in [0.2, 0.25) is 0 Å². The fraction of sp³-hybridized carbons (Fsp3) is 0.111. The van der Waals surface area contributed by atoms with Crippen molar-refractivity contribution in [3.05, 3.63) is 60.4 Å². The molecule has 0 unspecified atom stereocenters. The van der Waals surface area contributed by atoms with Gasteiger partial charge in [-0.2, -0.15) is 0 Å². The largest absolute Gasteiger partial charge is 0.361 e.